The lowest BCUT2D eigenvalue weighted by molar-refractivity contribution is -0.0569. The Balaban J connectivity index is 2.05. The predicted molar refractivity (Wildman–Crippen MR) is 89.6 cm³/mol. The molecular weight excluding hydrogens is 258 g/mol. The second kappa shape index (κ2) is 7.95. The first-order valence-corrected chi connectivity index (χ1v) is 8.51. The Labute approximate surface area is 130 Å². The summed E-state index contributed by atoms with van der Waals surface area (Å²) >= 11 is 0. The summed E-state index contributed by atoms with van der Waals surface area (Å²) in [7, 11) is 0. The minimum atomic E-state index is 0.165. The first kappa shape index (κ1) is 16.5. The maximum absolute atomic E-state index is 6.52. The summed E-state index contributed by atoms with van der Waals surface area (Å²) in [5.41, 5.74) is 2.60. The Morgan fingerprint density at radius 3 is 2.43 bits per heavy atom. The molecule has 2 rings (SSSR count). The van der Waals surface area contributed by atoms with Crippen LogP contribution in [0.2, 0.25) is 0 Å². The fourth-order valence-electron chi connectivity index (χ4n) is 3.06. The van der Waals surface area contributed by atoms with Gasteiger partial charge in [0.15, 0.2) is 0 Å². The molecule has 21 heavy (non-hydrogen) atoms. The first-order chi connectivity index (χ1) is 10.1. The molecule has 1 aromatic rings. The zero-order valence-electron chi connectivity index (χ0n) is 14.1. The van der Waals surface area contributed by atoms with Crippen LogP contribution in [0.1, 0.15) is 63.7 Å². The van der Waals surface area contributed by atoms with Crippen molar-refractivity contribution in [3.8, 4) is 0 Å². The highest BCUT2D eigenvalue weighted by Crippen LogP contribution is 2.30. The van der Waals surface area contributed by atoms with Crippen LogP contribution in [-0.4, -0.2) is 18.7 Å². The Hall–Kier alpha value is -0.860. The van der Waals surface area contributed by atoms with Crippen LogP contribution in [0.4, 0.5) is 0 Å². The number of hydrogen-bond acceptors (Lipinski definition) is 2. The molecule has 2 heteroatoms. The Morgan fingerprint density at radius 2 is 1.81 bits per heavy atom. The van der Waals surface area contributed by atoms with Crippen molar-refractivity contribution in [1.82, 2.24) is 5.32 Å². The van der Waals surface area contributed by atoms with Crippen LogP contribution in [0.5, 0.6) is 0 Å². The van der Waals surface area contributed by atoms with Gasteiger partial charge < -0.3 is 10.1 Å². The molecule has 1 aromatic carbocycles. The third-order valence-electron chi connectivity index (χ3n) is 4.53. The molecule has 1 N–H and O–H groups in total. The van der Waals surface area contributed by atoms with Crippen LogP contribution in [-0.2, 0) is 4.74 Å². The zero-order chi connectivity index (χ0) is 15.2. The predicted octanol–water partition coefficient (Wildman–Crippen LogP) is 4.63. The Morgan fingerprint density at radius 1 is 1.14 bits per heavy atom. The van der Waals surface area contributed by atoms with E-state index in [1.165, 1.54) is 36.8 Å². The third kappa shape index (κ3) is 5.12. The lowest BCUT2D eigenvalue weighted by Crippen LogP contribution is -2.34. The van der Waals surface area contributed by atoms with Crippen molar-refractivity contribution in [3.63, 3.8) is 0 Å². The van der Waals surface area contributed by atoms with Gasteiger partial charge in [-0.25, -0.2) is 0 Å². The first-order valence-electron chi connectivity index (χ1n) is 8.51. The molecule has 0 heterocycles. The van der Waals surface area contributed by atoms with Crippen LogP contribution < -0.4 is 5.32 Å². The number of benzene rings is 1. The minimum Gasteiger partial charge on any atom is -0.369 e. The van der Waals surface area contributed by atoms with Crippen molar-refractivity contribution in [2.75, 3.05) is 6.54 Å². The SMILES string of the molecule is Cc1ccc(C(CNC(C)C)OC2CCCCC2C)cc1. The molecule has 118 valence electrons. The molecule has 0 amide bonds. The van der Waals surface area contributed by atoms with Gasteiger partial charge in [-0.1, -0.05) is 63.4 Å². The zero-order valence-corrected chi connectivity index (χ0v) is 14.1. The van der Waals surface area contributed by atoms with E-state index >= 15 is 0 Å². The summed E-state index contributed by atoms with van der Waals surface area (Å²) in [4.78, 5) is 0. The van der Waals surface area contributed by atoms with Gasteiger partial charge in [0.2, 0.25) is 0 Å². The number of aryl methyl sites for hydroxylation is 1. The van der Waals surface area contributed by atoms with E-state index in [0.29, 0.717) is 18.1 Å². The quantitative estimate of drug-likeness (QED) is 0.824. The van der Waals surface area contributed by atoms with E-state index in [9.17, 15) is 0 Å². The largest absolute Gasteiger partial charge is 0.369 e. The normalized spacial score (nSPS) is 24.2. The van der Waals surface area contributed by atoms with Crippen molar-refractivity contribution in [1.29, 1.82) is 0 Å². The molecule has 0 aromatic heterocycles. The molecule has 1 aliphatic rings. The summed E-state index contributed by atoms with van der Waals surface area (Å²) in [5, 5.41) is 3.54. The maximum atomic E-state index is 6.52. The molecule has 0 saturated heterocycles. The van der Waals surface area contributed by atoms with Gasteiger partial charge in [0, 0.05) is 12.6 Å². The van der Waals surface area contributed by atoms with E-state index < -0.39 is 0 Å². The fraction of sp³-hybridized carbons (Fsp3) is 0.684. The second-order valence-electron chi connectivity index (χ2n) is 6.90. The van der Waals surface area contributed by atoms with Crippen LogP contribution in [0.3, 0.4) is 0 Å². The molecule has 1 saturated carbocycles. The van der Waals surface area contributed by atoms with Crippen LogP contribution in [0.15, 0.2) is 24.3 Å². The van der Waals surface area contributed by atoms with Crippen molar-refractivity contribution in [2.24, 2.45) is 5.92 Å². The minimum absolute atomic E-state index is 0.165. The molecule has 0 spiro atoms. The number of ether oxygens (including phenoxy) is 1. The van der Waals surface area contributed by atoms with Crippen LogP contribution >= 0.6 is 0 Å². The molecule has 2 nitrogen and oxygen atoms in total. The molecule has 3 atom stereocenters. The van der Waals surface area contributed by atoms with E-state index in [1.54, 1.807) is 0 Å². The van der Waals surface area contributed by atoms with Gasteiger partial charge in [-0.3, -0.25) is 0 Å². The van der Waals surface area contributed by atoms with Gasteiger partial charge in [-0.05, 0) is 31.2 Å². The smallest absolute Gasteiger partial charge is 0.0953 e. The highest BCUT2D eigenvalue weighted by atomic mass is 16.5. The second-order valence-corrected chi connectivity index (χ2v) is 6.90. The Bertz CT molecular complexity index is 412. The molecule has 1 fully saturated rings. The summed E-state index contributed by atoms with van der Waals surface area (Å²) in [6.07, 6.45) is 5.78. The van der Waals surface area contributed by atoms with E-state index in [1.807, 2.05) is 0 Å². The lowest BCUT2D eigenvalue weighted by Gasteiger charge is -2.33. The maximum Gasteiger partial charge on any atom is 0.0953 e. The highest BCUT2D eigenvalue weighted by molar-refractivity contribution is 5.23. The molecule has 1 aliphatic carbocycles. The van der Waals surface area contributed by atoms with Crippen molar-refractivity contribution in [3.05, 3.63) is 35.4 Å². The molecule has 0 bridgehead atoms. The van der Waals surface area contributed by atoms with Crippen molar-refractivity contribution < 1.29 is 4.74 Å². The monoisotopic (exact) mass is 289 g/mol. The lowest BCUT2D eigenvalue weighted by atomic mass is 9.87. The van der Waals surface area contributed by atoms with Gasteiger partial charge in [-0.15, -0.1) is 0 Å². The van der Waals surface area contributed by atoms with E-state index in [2.05, 4.69) is 57.3 Å². The number of nitrogens with one attached hydrogen (secondary N) is 1. The van der Waals surface area contributed by atoms with Gasteiger partial charge in [0.05, 0.1) is 12.2 Å². The van der Waals surface area contributed by atoms with Crippen LogP contribution in [0, 0.1) is 12.8 Å². The average Bonchev–Trinajstić information content (AvgIpc) is 2.46. The molecule has 3 unspecified atom stereocenters. The standard InChI is InChI=1S/C19H31NO/c1-14(2)20-13-19(17-11-9-15(3)10-12-17)21-18-8-6-5-7-16(18)4/h9-12,14,16,18-20H,5-8,13H2,1-4H3. The van der Waals surface area contributed by atoms with Crippen molar-refractivity contribution in [2.45, 2.75) is 71.6 Å². The number of rotatable bonds is 6. The van der Waals surface area contributed by atoms with Gasteiger partial charge in [0.1, 0.15) is 0 Å². The third-order valence-corrected chi connectivity index (χ3v) is 4.53. The van der Waals surface area contributed by atoms with Gasteiger partial charge in [0.25, 0.3) is 0 Å². The summed E-state index contributed by atoms with van der Waals surface area (Å²) < 4.78 is 6.52. The van der Waals surface area contributed by atoms with E-state index in [4.69, 9.17) is 4.74 Å². The topological polar surface area (TPSA) is 21.3 Å². The summed E-state index contributed by atoms with van der Waals surface area (Å²) in [5.74, 6) is 0.686. The number of hydrogen-bond donors (Lipinski definition) is 1. The summed E-state index contributed by atoms with van der Waals surface area (Å²) in [6, 6.07) is 9.30. The average molecular weight is 289 g/mol. The molecule has 0 radical (unpaired) electrons. The molecule has 0 aliphatic heterocycles. The molecular formula is C19H31NO. The van der Waals surface area contributed by atoms with E-state index in [-0.39, 0.29) is 6.10 Å². The highest BCUT2D eigenvalue weighted by Gasteiger charge is 2.25. The van der Waals surface area contributed by atoms with Crippen LogP contribution in [0.25, 0.3) is 0 Å². The summed E-state index contributed by atoms with van der Waals surface area (Å²) in [6.45, 7) is 9.75. The van der Waals surface area contributed by atoms with Crippen molar-refractivity contribution >= 4 is 0 Å². The Kier molecular flexibility index (Phi) is 6.25. The fourth-order valence-corrected chi connectivity index (χ4v) is 3.06. The van der Waals surface area contributed by atoms with Gasteiger partial charge >= 0.3 is 0 Å². The van der Waals surface area contributed by atoms with E-state index in [0.717, 1.165) is 6.54 Å². The van der Waals surface area contributed by atoms with Gasteiger partial charge in [-0.2, -0.15) is 0 Å².